The van der Waals surface area contributed by atoms with Crippen LogP contribution in [0.25, 0.3) is 0 Å². The zero-order valence-corrected chi connectivity index (χ0v) is 11.8. The molecule has 0 saturated carbocycles. The fourth-order valence-corrected chi connectivity index (χ4v) is 2.35. The van der Waals surface area contributed by atoms with Gasteiger partial charge in [-0.15, -0.1) is 0 Å². The Morgan fingerprint density at radius 2 is 2.00 bits per heavy atom. The number of hydrogen-bond donors (Lipinski definition) is 1. The summed E-state index contributed by atoms with van der Waals surface area (Å²) in [4.78, 5) is 0. The average molecular weight is 306 g/mol. The first-order valence-electron chi connectivity index (χ1n) is 5.15. The van der Waals surface area contributed by atoms with Crippen molar-refractivity contribution in [2.75, 3.05) is 9.38 Å². The van der Waals surface area contributed by atoms with Crippen molar-refractivity contribution in [3.8, 4) is 0 Å². The molecular weight excluding hydrogens is 290 g/mol. The van der Waals surface area contributed by atoms with Crippen molar-refractivity contribution in [2.24, 2.45) is 0 Å². The molecule has 3 nitrogen and oxygen atoms in total. The third-order valence-corrected chi connectivity index (χ3v) is 5.14. The lowest BCUT2D eigenvalue weighted by atomic mass is 9.97. The number of nitrogens with one attached hydrogen (secondary N) is 1. The minimum absolute atomic E-state index is 0.0885. The normalized spacial score (nSPS) is 13.4. The van der Waals surface area contributed by atoms with Gasteiger partial charge in [-0.25, -0.2) is 8.42 Å². The predicted octanol–water partition coefficient (Wildman–Crippen LogP) is 3.29. The summed E-state index contributed by atoms with van der Waals surface area (Å²) in [7, 11) is -3.27. The molecule has 1 atom stereocenters. The van der Waals surface area contributed by atoms with E-state index < -0.39 is 10.0 Å². The van der Waals surface area contributed by atoms with Gasteiger partial charge >= 0.3 is 0 Å². The van der Waals surface area contributed by atoms with Crippen LogP contribution >= 0.6 is 15.9 Å². The van der Waals surface area contributed by atoms with Gasteiger partial charge in [-0.05, 0) is 24.0 Å². The van der Waals surface area contributed by atoms with Gasteiger partial charge in [0.2, 0.25) is 10.0 Å². The molecule has 1 N–H and O–H groups in total. The molecule has 0 saturated heterocycles. The van der Waals surface area contributed by atoms with Crippen LogP contribution in [0.3, 0.4) is 0 Å². The number of benzene rings is 1. The fourth-order valence-electron chi connectivity index (χ4n) is 1.43. The van der Waals surface area contributed by atoms with E-state index >= 15 is 0 Å². The molecule has 0 aliphatic heterocycles. The first-order valence-corrected chi connectivity index (χ1v) is 7.93. The van der Waals surface area contributed by atoms with Gasteiger partial charge < -0.3 is 0 Å². The summed E-state index contributed by atoms with van der Waals surface area (Å²) in [6.07, 6.45) is 0.979. The molecule has 1 aromatic rings. The van der Waals surface area contributed by atoms with E-state index in [0.29, 0.717) is 11.6 Å². The largest absolute Gasteiger partial charge is 0.283 e. The van der Waals surface area contributed by atoms with Crippen molar-refractivity contribution < 1.29 is 8.42 Å². The van der Waals surface area contributed by atoms with Gasteiger partial charge in [-0.2, -0.15) is 0 Å². The van der Waals surface area contributed by atoms with E-state index in [9.17, 15) is 8.42 Å². The van der Waals surface area contributed by atoms with Crippen LogP contribution in [0.1, 0.15) is 31.7 Å². The highest BCUT2D eigenvalue weighted by molar-refractivity contribution is 9.10. The van der Waals surface area contributed by atoms with Crippen LogP contribution in [0, 0.1) is 0 Å². The molecular formula is C11H16BrNO2S. The van der Waals surface area contributed by atoms with Gasteiger partial charge in [-0.1, -0.05) is 48.0 Å². The van der Waals surface area contributed by atoms with Crippen LogP contribution < -0.4 is 4.72 Å². The molecule has 0 aromatic heterocycles. The number of hydrogen-bond acceptors (Lipinski definition) is 2. The SMILES string of the molecule is CCC(C)c1ccccc1NS(=O)(=O)CBr. The lowest BCUT2D eigenvalue weighted by molar-refractivity contribution is 0.606. The molecule has 0 heterocycles. The number of para-hydroxylation sites is 1. The quantitative estimate of drug-likeness (QED) is 0.849. The summed E-state index contributed by atoms with van der Waals surface area (Å²) in [5.74, 6) is 0.342. The smallest absolute Gasteiger partial charge is 0.242 e. The maximum atomic E-state index is 11.5. The molecule has 0 aliphatic rings. The van der Waals surface area contributed by atoms with Crippen molar-refractivity contribution in [2.45, 2.75) is 26.2 Å². The van der Waals surface area contributed by atoms with Gasteiger partial charge in [0.1, 0.15) is 4.66 Å². The van der Waals surface area contributed by atoms with Crippen molar-refractivity contribution in [3.05, 3.63) is 29.8 Å². The molecule has 5 heteroatoms. The highest BCUT2D eigenvalue weighted by Gasteiger charge is 2.13. The number of alkyl halides is 1. The number of anilines is 1. The highest BCUT2D eigenvalue weighted by Crippen LogP contribution is 2.27. The number of rotatable bonds is 5. The Balaban J connectivity index is 3.05. The third kappa shape index (κ3) is 3.49. The summed E-state index contributed by atoms with van der Waals surface area (Å²) < 4.78 is 25.4. The Morgan fingerprint density at radius 3 is 2.56 bits per heavy atom. The number of sulfonamides is 1. The van der Waals surface area contributed by atoms with Gasteiger partial charge in [0, 0.05) is 0 Å². The fraction of sp³-hybridized carbons (Fsp3) is 0.455. The van der Waals surface area contributed by atoms with Gasteiger partial charge in [0.25, 0.3) is 0 Å². The van der Waals surface area contributed by atoms with E-state index in [2.05, 4.69) is 34.5 Å². The molecule has 1 unspecified atom stereocenters. The van der Waals surface area contributed by atoms with Crippen molar-refractivity contribution >= 4 is 31.6 Å². The Bertz CT molecular complexity index is 445. The minimum atomic E-state index is -3.27. The van der Waals surface area contributed by atoms with Crippen LogP contribution in [0.2, 0.25) is 0 Å². The molecule has 1 aromatic carbocycles. The van der Waals surface area contributed by atoms with E-state index in [1.54, 1.807) is 6.07 Å². The molecule has 16 heavy (non-hydrogen) atoms. The van der Waals surface area contributed by atoms with Crippen LogP contribution in [0.5, 0.6) is 0 Å². The molecule has 0 spiro atoms. The van der Waals surface area contributed by atoms with Gasteiger partial charge in [0.05, 0.1) is 5.69 Å². The molecule has 0 radical (unpaired) electrons. The second-order valence-corrected chi connectivity index (χ2v) is 6.75. The van der Waals surface area contributed by atoms with Crippen LogP contribution in [-0.4, -0.2) is 13.1 Å². The first kappa shape index (κ1) is 13.5. The van der Waals surface area contributed by atoms with Crippen LogP contribution in [0.4, 0.5) is 5.69 Å². The summed E-state index contributed by atoms with van der Waals surface area (Å²) in [5, 5.41) is 0. The Labute approximate surface area is 105 Å². The van der Waals surface area contributed by atoms with Gasteiger partial charge in [0.15, 0.2) is 0 Å². The standard InChI is InChI=1S/C11H16BrNO2S/c1-3-9(2)10-6-4-5-7-11(10)13-16(14,15)8-12/h4-7,9,13H,3,8H2,1-2H3. The summed E-state index contributed by atoms with van der Waals surface area (Å²) in [6, 6.07) is 7.51. The zero-order chi connectivity index (χ0) is 12.2. The minimum Gasteiger partial charge on any atom is -0.283 e. The summed E-state index contributed by atoms with van der Waals surface area (Å²) >= 11 is 2.96. The Hall–Kier alpha value is -0.550. The monoisotopic (exact) mass is 305 g/mol. The molecule has 1 rings (SSSR count). The lowest BCUT2D eigenvalue weighted by Gasteiger charge is -2.15. The Morgan fingerprint density at radius 1 is 1.38 bits per heavy atom. The summed E-state index contributed by atoms with van der Waals surface area (Å²) in [5.41, 5.74) is 1.71. The highest BCUT2D eigenvalue weighted by atomic mass is 79.9. The second kappa shape index (κ2) is 5.68. The van der Waals surface area contributed by atoms with E-state index in [0.717, 1.165) is 12.0 Å². The van der Waals surface area contributed by atoms with Crippen molar-refractivity contribution in [1.82, 2.24) is 0 Å². The zero-order valence-electron chi connectivity index (χ0n) is 9.40. The lowest BCUT2D eigenvalue weighted by Crippen LogP contribution is -2.15. The van der Waals surface area contributed by atoms with Crippen molar-refractivity contribution in [3.63, 3.8) is 0 Å². The maximum Gasteiger partial charge on any atom is 0.242 e. The average Bonchev–Trinajstić information content (AvgIpc) is 2.28. The summed E-state index contributed by atoms with van der Waals surface area (Å²) in [6.45, 7) is 4.17. The van der Waals surface area contributed by atoms with E-state index in [4.69, 9.17) is 0 Å². The molecule has 0 fully saturated rings. The number of halogens is 1. The molecule has 0 bridgehead atoms. The van der Waals surface area contributed by atoms with E-state index in [1.807, 2.05) is 18.2 Å². The van der Waals surface area contributed by atoms with E-state index in [-0.39, 0.29) is 4.66 Å². The predicted molar refractivity (Wildman–Crippen MR) is 71.5 cm³/mol. The third-order valence-electron chi connectivity index (χ3n) is 2.51. The van der Waals surface area contributed by atoms with Crippen LogP contribution in [0.15, 0.2) is 24.3 Å². The van der Waals surface area contributed by atoms with E-state index in [1.165, 1.54) is 0 Å². The first-order chi connectivity index (χ1) is 7.50. The molecule has 0 amide bonds. The van der Waals surface area contributed by atoms with Gasteiger partial charge in [-0.3, -0.25) is 4.72 Å². The maximum absolute atomic E-state index is 11.5. The van der Waals surface area contributed by atoms with Crippen LogP contribution in [-0.2, 0) is 10.0 Å². The topological polar surface area (TPSA) is 46.2 Å². The Kier molecular flexibility index (Phi) is 4.80. The molecule has 90 valence electrons. The van der Waals surface area contributed by atoms with Crippen molar-refractivity contribution in [1.29, 1.82) is 0 Å². The second-order valence-electron chi connectivity index (χ2n) is 3.72. The molecule has 0 aliphatic carbocycles.